The number of rotatable bonds is 8. The van der Waals surface area contributed by atoms with Crippen LogP contribution in [0.1, 0.15) is 57.4 Å². The van der Waals surface area contributed by atoms with E-state index in [4.69, 9.17) is 0 Å². The van der Waals surface area contributed by atoms with Crippen LogP contribution in [0.4, 0.5) is 0 Å². The maximum absolute atomic E-state index is 3.71. The molecule has 0 heterocycles. The number of hydrogen-bond acceptors (Lipinski definition) is 1. The van der Waals surface area contributed by atoms with Gasteiger partial charge in [0.1, 0.15) is 0 Å². The second-order valence-corrected chi connectivity index (χ2v) is 6.77. The molecule has 1 aromatic rings. The van der Waals surface area contributed by atoms with E-state index in [9.17, 15) is 0 Å². The molecule has 0 amide bonds. The molecule has 2 heteroatoms. The Hall–Kier alpha value is -0.340. The molecule has 1 aliphatic carbocycles. The van der Waals surface area contributed by atoms with Gasteiger partial charge in [-0.05, 0) is 48.8 Å². The first-order chi connectivity index (χ1) is 9.22. The highest BCUT2D eigenvalue weighted by Gasteiger charge is 2.23. The highest BCUT2D eigenvalue weighted by Crippen LogP contribution is 2.29. The number of halogens is 1. The van der Waals surface area contributed by atoms with Crippen LogP contribution in [0.25, 0.3) is 0 Å². The van der Waals surface area contributed by atoms with Crippen LogP contribution in [-0.2, 0) is 0 Å². The Balaban J connectivity index is 2.02. The molecule has 1 saturated carbocycles. The summed E-state index contributed by atoms with van der Waals surface area (Å²) in [6.45, 7) is 5.78. The maximum Gasteiger partial charge on any atom is 0.0178 e. The quantitative estimate of drug-likeness (QED) is 0.700. The minimum atomic E-state index is 0.656. The van der Waals surface area contributed by atoms with E-state index < -0.39 is 0 Å². The van der Waals surface area contributed by atoms with Gasteiger partial charge in [-0.3, -0.25) is 0 Å². The average Bonchev–Trinajstić information content (AvgIpc) is 3.23. The molecule has 0 aromatic heterocycles. The Morgan fingerprint density at radius 3 is 2.58 bits per heavy atom. The van der Waals surface area contributed by atoms with Crippen LogP contribution in [-0.4, -0.2) is 12.6 Å². The highest BCUT2D eigenvalue weighted by molar-refractivity contribution is 9.10. The average molecular weight is 324 g/mol. The van der Waals surface area contributed by atoms with E-state index in [1.54, 1.807) is 0 Å². The lowest BCUT2D eigenvalue weighted by Gasteiger charge is -2.23. The minimum Gasteiger partial charge on any atom is -0.313 e. The zero-order valence-electron chi connectivity index (χ0n) is 12.2. The topological polar surface area (TPSA) is 12.0 Å². The van der Waals surface area contributed by atoms with E-state index in [-0.39, 0.29) is 0 Å². The van der Waals surface area contributed by atoms with Crippen LogP contribution in [0.5, 0.6) is 0 Å². The molecule has 19 heavy (non-hydrogen) atoms. The van der Waals surface area contributed by atoms with E-state index in [0.29, 0.717) is 5.92 Å². The molecule has 1 aromatic carbocycles. The van der Waals surface area contributed by atoms with Crippen molar-refractivity contribution >= 4 is 15.9 Å². The summed E-state index contributed by atoms with van der Waals surface area (Å²) in [5.74, 6) is 1.51. The molecule has 1 aliphatic rings. The van der Waals surface area contributed by atoms with Gasteiger partial charge in [-0.2, -0.15) is 0 Å². The molecule has 0 spiro atoms. The van der Waals surface area contributed by atoms with Crippen molar-refractivity contribution in [2.45, 2.75) is 57.9 Å². The van der Waals surface area contributed by atoms with Gasteiger partial charge >= 0.3 is 0 Å². The fraction of sp³-hybridized carbons (Fsp3) is 0.647. The molecule has 0 aliphatic heterocycles. The molecule has 1 fully saturated rings. The second-order valence-electron chi connectivity index (χ2n) is 5.85. The Morgan fingerprint density at radius 1 is 1.26 bits per heavy atom. The third-order valence-corrected chi connectivity index (χ3v) is 4.82. The van der Waals surface area contributed by atoms with Crippen LogP contribution in [0.15, 0.2) is 28.7 Å². The van der Waals surface area contributed by atoms with Gasteiger partial charge in [-0.15, -0.1) is 0 Å². The smallest absolute Gasteiger partial charge is 0.0178 e. The van der Waals surface area contributed by atoms with Crippen molar-refractivity contribution in [3.05, 3.63) is 34.3 Å². The predicted molar refractivity (Wildman–Crippen MR) is 86.6 cm³/mol. The Kier molecular flexibility index (Phi) is 5.90. The molecular formula is C17H26BrN. The van der Waals surface area contributed by atoms with Gasteiger partial charge in [0.05, 0.1) is 0 Å². The van der Waals surface area contributed by atoms with E-state index in [1.807, 2.05) is 0 Å². The van der Waals surface area contributed by atoms with E-state index >= 15 is 0 Å². The summed E-state index contributed by atoms with van der Waals surface area (Å²) in [4.78, 5) is 0. The van der Waals surface area contributed by atoms with Gasteiger partial charge in [0, 0.05) is 17.1 Å². The zero-order valence-corrected chi connectivity index (χ0v) is 13.7. The van der Waals surface area contributed by atoms with Crippen molar-refractivity contribution in [3.8, 4) is 0 Å². The second kappa shape index (κ2) is 7.44. The van der Waals surface area contributed by atoms with Crippen molar-refractivity contribution in [1.29, 1.82) is 0 Å². The molecule has 2 rings (SSSR count). The summed E-state index contributed by atoms with van der Waals surface area (Å²) < 4.78 is 1.20. The lowest BCUT2D eigenvalue weighted by Crippen LogP contribution is -2.25. The first kappa shape index (κ1) is 15.1. The molecular weight excluding hydrogens is 298 g/mol. The van der Waals surface area contributed by atoms with Gasteiger partial charge in [-0.1, -0.05) is 54.8 Å². The molecule has 0 bridgehead atoms. The number of benzene rings is 1. The van der Waals surface area contributed by atoms with Crippen molar-refractivity contribution in [1.82, 2.24) is 5.32 Å². The Bertz CT molecular complexity index is 383. The molecule has 0 radical (unpaired) electrons. The third kappa shape index (κ3) is 4.92. The third-order valence-electron chi connectivity index (χ3n) is 4.32. The lowest BCUT2D eigenvalue weighted by atomic mass is 9.86. The molecule has 1 atom stereocenters. The summed E-state index contributed by atoms with van der Waals surface area (Å²) >= 11 is 3.60. The maximum atomic E-state index is 3.71. The molecule has 106 valence electrons. The Labute approximate surface area is 126 Å². The molecule has 1 N–H and O–H groups in total. The molecule has 1 nitrogen and oxygen atoms in total. The number of hydrogen-bond donors (Lipinski definition) is 1. The summed E-state index contributed by atoms with van der Waals surface area (Å²) in [5.41, 5.74) is 1.48. The molecule has 0 saturated heterocycles. The lowest BCUT2D eigenvalue weighted by molar-refractivity contribution is 0.397. The SMILES string of the molecule is CCC(CC)CC(CNC1CC1)c1cccc(Br)c1. The summed E-state index contributed by atoms with van der Waals surface area (Å²) in [6, 6.07) is 9.66. The zero-order chi connectivity index (χ0) is 13.7. The largest absolute Gasteiger partial charge is 0.313 e. The first-order valence-corrected chi connectivity index (χ1v) is 8.51. The van der Waals surface area contributed by atoms with Gasteiger partial charge in [0.2, 0.25) is 0 Å². The standard InChI is InChI=1S/C17H26BrN/c1-3-13(4-2)10-15(12-19-17-8-9-17)14-6-5-7-16(18)11-14/h5-7,11,13,15,17,19H,3-4,8-10,12H2,1-2H3. The van der Waals surface area contributed by atoms with Crippen molar-refractivity contribution in [3.63, 3.8) is 0 Å². The first-order valence-electron chi connectivity index (χ1n) is 7.71. The summed E-state index contributed by atoms with van der Waals surface area (Å²) in [5, 5.41) is 3.71. The fourth-order valence-electron chi connectivity index (χ4n) is 2.72. The van der Waals surface area contributed by atoms with E-state index in [1.165, 1.54) is 42.1 Å². The van der Waals surface area contributed by atoms with Gasteiger partial charge in [0.25, 0.3) is 0 Å². The van der Waals surface area contributed by atoms with Crippen molar-refractivity contribution in [2.75, 3.05) is 6.54 Å². The van der Waals surface area contributed by atoms with Gasteiger partial charge in [0.15, 0.2) is 0 Å². The van der Waals surface area contributed by atoms with E-state index in [2.05, 4.69) is 59.4 Å². The van der Waals surface area contributed by atoms with Crippen LogP contribution < -0.4 is 5.32 Å². The van der Waals surface area contributed by atoms with Crippen LogP contribution in [0, 0.1) is 5.92 Å². The van der Waals surface area contributed by atoms with Gasteiger partial charge in [-0.25, -0.2) is 0 Å². The summed E-state index contributed by atoms with van der Waals surface area (Å²) in [6.07, 6.45) is 6.64. The Morgan fingerprint density at radius 2 is 2.00 bits per heavy atom. The van der Waals surface area contributed by atoms with E-state index in [0.717, 1.165) is 18.5 Å². The summed E-state index contributed by atoms with van der Waals surface area (Å²) in [7, 11) is 0. The normalized spacial score (nSPS) is 16.8. The monoisotopic (exact) mass is 323 g/mol. The van der Waals surface area contributed by atoms with Crippen molar-refractivity contribution < 1.29 is 0 Å². The molecule has 1 unspecified atom stereocenters. The van der Waals surface area contributed by atoms with Crippen LogP contribution in [0.2, 0.25) is 0 Å². The van der Waals surface area contributed by atoms with Crippen LogP contribution >= 0.6 is 15.9 Å². The predicted octanol–water partition coefficient (Wildman–Crippen LogP) is 5.11. The number of nitrogens with one attached hydrogen (secondary N) is 1. The fourth-order valence-corrected chi connectivity index (χ4v) is 3.14. The van der Waals surface area contributed by atoms with Gasteiger partial charge < -0.3 is 5.32 Å². The minimum absolute atomic E-state index is 0.656. The highest BCUT2D eigenvalue weighted by atomic mass is 79.9. The van der Waals surface area contributed by atoms with Crippen LogP contribution in [0.3, 0.4) is 0 Å². The van der Waals surface area contributed by atoms with Crippen molar-refractivity contribution in [2.24, 2.45) is 5.92 Å².